The molecule has 1 heterocycles. The number of nitrogens with one attached hydrogen (secondary N) is 1. The van der Waals surface area contributed by atoms with Crippen LogP contribution >= 0.6 is 11.3 Å². The van der Waals surface area contributed by atoms with E-state index in [-0.39, 0.29) is 11.6 Å². The Balaban J connectivity index is 2.28. The van der Waals surface area contributed by atoms with Crippen molar-refractivity contribution in [2.24, 2.45) is 0 Å². The standard InChI is InChI=1S/C11H9FN2OS/c1-13-11-14-9(6-16-11)10(15)7-2-4-8(12)5-3-7/h2-6H,1H3,(H,13,14). The highest BCUT2D eigenvalue weighted by Gasteiger charge is 2.12. The quantitative estimate of drug-likeness (QED) is 0.833. The number of hydrogen-bond donors (Lipinski definition) is 1. The number of aromatic nitrogens is 1. The fraction of sp³-hybridized carbons (Fsp3) is 0.0909. The van der Waals surface area contributed by atoms with Crippen LogP contribution in [-0.4, -0.2) is 17.8 Å². The Hall–Kier alpha value is -1.75. The third kappa shape index (κ3) is 2.09. The minimum absolute atomic E-state index is 0.197. The normalized spacial score (nSPS) is 10.1. The number of halogens is 1. The first-order valence-corrected chi connectivity index (χ1v) is 5.52. The summed E-state index contributed by atoms with van der Waals surface area (Å²) in [5.41, 5.74) is 0.815. The highest BCUT2D eigenvalue weighted by Crippen LogP contribution is 2.17. The zero-order chi connectivity index (χ0) is 11.5. The van der Waals surface area contributed by atoms with Gasteiger partial charge in [0.25, 0.3) is 0 Å². The Labute approximate surface area is 96.0 Å². The molecule has 0 aliphatic heterocycles. The van der Waals surface area contributed by atoms with Gasteiger partial charge in [0.2, 0.25) is 5.78 Å². The summed E-state index contributed by atoms with van der Waals surface area (Å²) in [4.78, 5) is 16.0. The maximum absolute atomic E-state index is 12.7. The van der Waals surface area contributed by atoms with Crippen molar-refractivity contribution in [3.8, 4) is 0 Å². The summed E-state index contributed by atoms with van der Waals surface area (Å²) in [6.45, 7) is 0. The topological polar surface area (TPSA) is 42.0 Å². The number of carbonyl (C=O) groups is 1. The van der Waals surface area contributed by atoms with Crippen LogP contribution in [0.5, 0.6) is 0 Å². The van der Waals surface area contributed by atoms with Crippen LogP contribution in [0.4, 0.5) is 9.52 Å². The number of hydrogen-bond acceptors (Lipinski definition) is 4. The van der Waals surface area contributed by atoms with Gasteiger partial charge >= 0.3 is 0 Å². The molecule has 0 atom stereocenters. The first kappa shape index (κ1) is 10.8. The molecule has 2 aromatic rings. The van der Waals surface area contributed by atoms with Gasteiger partial charge in [0.15, 0.2) is 5.13 Å². The monoisotopic (exact) mass is 236 g/mol. The summed E-state index contributed by atoms with van der Waals surface area (Å²) in [6.07, 6.45) is 0. The molecule has 0 aliphatic rings. The van der Waals surface area contributed by atoms with Crippen LogP contribution in [0.1, 0.15) is 16.1 Å². The van der Waals surface area contributed by atoms with Crippen molar-refractivity contribution in [3.05, 3.63) is 46.7 Å². The van der Waals surface area contributed by atoms with Gasteiger partial charge in [0, 0.05) is 18.0 Å². The third-order valence-corrected chi connectivity index (χ3v) is 2.92. The van der Waals surface area contributed by atoms with E-state index in [0.29, 0.717) is 16.4 Å². The Morgan fingerprint density at radius 2 is 2.06 bits per heavy atom. The summed E-state index contributed by atoms with van der Waals surface area (Å²) in [5.74, 6) is -0.552. The van der Waals surface area contributed by atoms with E-state index in [1.807, 2.05) is 0 Å². The average molecular weight is 236 g/mol. The molecule has 0 saturated carbocycles. The van der Waals surface area contributed by atoms with Crippen LogP contribution in [0, 0.1) is 5.82 Å². The maximum atomic E-state index is 12.7. The number of carbonyl (C=O) groups excluding carboxylic acids is 1. The van der Waals surface area contributed by atoms with E-state index in [9.17, 15) is 9.18 Å². The van der Waals surface area contributed by atoms with Crippen LogP contribution in [0.15, 0.2) is 29.6 Å². The molecule has 0 amide bonds. The third-order valence-electron chi connectivity index (χ3n) is 2.06. The Morgan fingerprint density at radius 1 is 1.38 bits per heavy atom. The van der Waals surface area contributed by atoms with Crippen molar-refractivity contribution >= 4 is 22.3 Å². The molecule has 1 N–H and O–H groups in total. The van der Waals surface area contributed by atoms with Crippen LogP contribution in [0.3, 0.4) is 0 Å². The molecule has 5 heteroatoms. The van der Waals surface area contributed by atoms with Crippen molar-refractivity contribution in [2.75, 3.05) is 12.4 Å². The molecule has 2 rings (SSSR count). The Morgan fingerprint density at radius 3 is 2.62 bits per heavy atom. The summed E-state index contributed by atoms with van der Waals surface area (Å²) >= 11 is 1.36. The first-order valence-electron chi connectivity index (χ1n) is 4.64. The minimum atomic E-state index is -0.356. The smallest absolute Gasteiger partial charge is 0.212 e. The number of rotatable bonds is 3. The van der Waals surface area contributed by atoms with Gasteiger partial charge in [-0.05, 0) is 24.3 Å². The average Bonchev–Trinajstić information content (AvgIpc) is 2.77. The minimum Gasteiger partial charge on any atom is -0.365 e. The van der Waals surface area contributed by atoms with Gasteiger partial charge in [0.05, 0.1) is 0 Å². The molecule has 1 aromatic heterocycles. The molecule has 0 unspecified atom stereocenters. The molecular formula is C11H9FN2OS. The second-order valence-corrected chi connectivity index (χ2v) is 3.98. The SMILES string of the molecule is CNc1nc(C(=O)c2ccc(F)cc2)cs1. The van der Waals surface area contributed by atoms with E-state index in [4.69, 9.17) is 0 Å². The van der Waals surface area contributed by atoms with Crippen LogP contribution in [0.2, 0.25) is 0 Å². The van der Waals surface area contributed by atoms with Crippen molar-refractivity contribution in [1.82, 2.24) is 4.98 Å². The molecule has 82 valence electrons. The summed E-state index contributed by atoms with van der Waals surface area (Å²) in [7, 11) is 1.74. The second kappa shape index (κ2) is 4.40. The largest absolute Gasteiger partial charge is 0.365 e. The number of benzene rings is 1. The van der Waals surface area contributed by atoms with Gasteiger partial charge in [-0.1, -0.05) is 0 Å². The van der Waals surface area contributed by atoms with E-state index in [1.54, 1.807) is 12.4 Å². The van der Waals surface area contributed by atoms with Crippen molar-refractivity contribution in [3.63, 3.8) is 0 Å². The highest BCUT2D eigenvalue weighted by molar-refractivity contribution is 7.13. The highest BCUT2D eigenvalue weighted by atomic mass is 32.1. The van der Waals surface area contributed by atoms with Gasteiger partial charge in [-0.2, -0.15) is 0 Å². The summed E-state index contributed by atoms with van der Waals surface area (Å²) in [6, 6.07) is 5.43. The van der Waals surface area contributed by atoms with Crippen LogP contribution in [0.25, 0.3) is 0 Å². The molecule has 0 fully saturated rings. The second-order valence-electron chi connectivity index (χ2n) is 3.12. The van der Waals surface area contributed by atoms with E-state index in [2.05, 4.69) is 10.3 Å². The van der Waals surface area contributed by atoms with Gasteiger partial charge in [-0.25, -0.2) is 9.37 Å². The predicted molar refractivity (Wildman–Crippen MR) is 61.5 cm³/mol. The summed E-state index contributed by atoms with van der Waals surface area (Å²) in [5, 5.41) is 5.22. The fourth-order valence-electron chi connectivity index (χ4n) is 1.24. The molecule has 0 radical (unpaired) electrons. The number of nitrogens with zero attached hydrogens (tertiary/aromatic N) is 1. The lowest BCUT2D eigenvalue weighted by Crippen LogP contribution is -2.02. The number of thiazole rings is 1. The van der Waals surface area contributed by atoms with E-state index in [0.717, 1.165) is 0 Å². The van der Waals surface area contributed by atoms with Gasteiger partial charge in [-0.15, -0.1) is 11.3 Å². The predicted octanol–water partition coefficient (Wildman–Crippen LogP) is 2.55. The lowest BCUT2D eigenvalue weighted by molar-refractivity contribution is 0.103. The van der Waals surface area contributed by atoms with Gasteiger partial charge in [-0.3, -0.25) is 4.79 Å². The molecule has 16 heavy (non-hydrogen) atoms. The molecule has 0 aliphatic carbocycles. The summed E-state index contributed by atoms with van der Waals surface area (Å²) < 4.78 is 12.7. The van der Waals surface area contributed by atoms with Crippen molar-refractivity contribution in [2.45, 2.75) is 0 Å². The lowest BCUT2D eigenvalue weighted by atomic mass is 10.1. The Kier molecular flexibility index (Phi) is 2.96. The van der Waals surface area contributed by atoms with Gasteiger partial charge < -0.3 is 5.32 Å². The zero-order valence-corrected chi connectivity index (χ0v) is 9.34. The fourth-order valence-corrected chi connectivity index (χ4v) is 1.89. The molecule has 3 nitrogen and oxygen atoms in total. The number of anilines is 1. The molecule has 0 spiro atoms. The zero-order valence-electron chi connectivity index (χ0n) is 8.53. The van der Waals surface area contributed by atoms with Crippen LogP contribution < -0.4 is 5.32 Å². The first-order chi connectivity index (χ1) is 7.70. The van der Waals surface area contributed by atoms with Gasteiger partial charge in [0.1, 0.15) is 11.5 Å². The Bertz CT molecular complexity index is 507. The van der Waals surface area contributed by atoms with Crippen LogP contribution in [-0.2, 0) is 0 Å². The van der Waals surface area contributed by atoms with E-state index < -0.39 is 0 Å². The van der Waals surface area contributed by atoms with Crippen molar-refractivity contribution < 1.29 is 9.18 Å². The number of ketones is 1. The molecule has 1 aromatic carbocycles. The molecular weight excluding hydrogens is 227 g/mol. The molecule has 0 bridgehead atoms. The molecule has 0 saturated heterocycles. The van der Waals surface area contributed by atoms with Crippen molar-refractivity contribution in [1.29, 1.82) is 0 Å². The van der Waals surface area contributed by atoms with E-state index >= 15 is 0 Å². The lowest BCUT2D eigenvalue weighted by Gasteiger charge is -1.96. The maximum Gasteiger partial charge on any atom is 0.212 e. The van der Waals surface area contributed by atoms with E-state index in [1.165, 1.54) is 35.6 Å².